The van der Waals surface area contributed by atoms with Crippen LogP contribution in [-0.2, 0) is 6.54 Å². The number of carbonyl (C=O) groups excluding carboxylic acids is 1. The topological polar surface area (TPSA) is 65.1 Å². The number of aromatic nitrogens is 1. The van der Waals surface area contributed by atoms with Crippen LogP contribution in [0.5, 0.6) is 0 Å². The first kappa shape index (κ1) is 14.8. The van der Waals surface area contributed by atoms with E-state index >= 15 is 0 Å². The van der Waals surface area contributed by atoms with Gasteiger partial charge in [0.2, 0.25) is 0 Å². The number of hydrogen-bond acceptors (Lipinski definition) is 3. The van der Waals surface area contributed by atoms with E-state index in [1.165, 1.54) is 0 Å². The molecule has 0 spiro atoms. The standard InChI is InChI=1S/C20H18N2O2/c21-11-5-6-12-22-18-14-8-2-3-9-15(14)19(23)17(18)13-7-1-4-10-16(13)20(22)24/h1-4,7-10H,5-6,11-12,21H2. The third-order valence-electron chi connectivity index (χ3n) is 4.67. The van der Waals surface area contributed by atoms with E-state index in [1.54, 1.807) is 10.6 Å². The number of hydrogen-bond donors (Lipinski definition) is 1. The molecule has 120 valence electrons. The molecular weight excluding hydrogens is 300 g/mol. The zero-order valence-corrected chi connectivity index (χ0v) is 13.3. The zero-order chi connectivity index (χ0) is 16.7. The van der Waals surface area contributed by atoms with Crippen LogP contribution in [0.1, 0.15) is 28.8 Å². The average molecular weight is 318 g/mol. The molecule has 0 fully saturated rings. The second-order valence-electron chi connectivity index (χ2n) is 6.10. The highest BCUT2D eigenvalue weighted by molar-refractivity contribution is 6.26. The number of benzene rings is 2. The van der Waals surface area contributed by atoms with Crippen molar-refractivity contribution in [3.05, 3.63) is 70.0 Å². The maximum Gasteiger partial charge on any atom is 0.258 e. The summed E-state index contributed by atoms with van der Waals surface area (Å²) in [6.07, 6.45) is 1.67. The van der Waals surface area contributed by atoms with Crippen molar-refractivity contribution in [1.82, 2.24) is 4.57 Å². The third-order valence-corrected chi connectivity index (χ3v) is 4.67. The van der Waals surface area contributed by atoms with Gasteiger partial charge in [0.25, 0.3) is 5.56 Å². The minimum atomic E-state index is -0.0362. The highest BCUT2D eigenvalue weighted by atomic mass is 16.1. The zero-order valence-electron chi connectivity index (χ0n) is 13.3. The van der Waals surface area contributed by atoms with Gasteiger partial charge in [-0.25, -0.2) is 0 Å². The third kappa shape index (κ3) is 2.03. The van der Waals surface area contributed by atoms with Crippen molar-refractivity contribution in [3.63, 3.8) is 0 Å². The van der Waals surface area contributed by atoms with Crippen LogP contribution < -0.4 is 11.3 Å². The van der Waals surface area contributed by atoms with Gasteiger partial charge in [0, 0.05) is 28.4 Å². The van der Waals surface area contributed by atoms with Crippen LogP contribution >= 0.6 is 0 Å². The first-order valence-electron chi connectivity index (χ1n) is 8.23. The second-order valence-corrected chi connectivity index (χ2v) is 6.10. The Balaban J connectivity index is 2.07. The second kappa shape index (κ2) is 5.73. The molecule has 0 bridgehead atoms. The Bertz CT molecular complexity index is 1020. The molecule has 1 aromatic heterocycles. The van der Waals surface area contributed by atoms with Crippen molar-refractivity contribution in [2.75, 3.05) is 6.54 Å². The Morgan fingerprint density at radius 2 is 1.50 bits per heavy atom. The Morgan fingerprint density at radius 3 is 2.25 bits per heavy atom. The minimum absolute atomic E-state index is 0.00405. The Hall–Kier alpha value is -2.72. The summed E-state index contributed by atoms with van der Waals surface area (Å²) in [4.78, 5) is 26.0. The number of unbranched alkanes of at least 4 members (excludes halogenated alkanes) is 1. The van der Waals surface area contributed by atoms with E-state index < -0.39 is 0 Å². The van der Waals surface area contributed by atoms with Gasteiger partial charge in [-0.1, -0.05) is 42.5 Å². The Labute approximate surface area is 139 Å². The number of fused-ring (bicyclic) bond motifs is 5. The van der Waals surface area contributed by atoms with Gasteiger partial charge < -0.3 is 10.3 Å². The molecule has 0 aliphatic heterocycles. The number of rotatable bonds is 4. The smallest absolute Gasteiger partial charge is 0.258 e. The van der Waals surface area contributed by atoms with Gasteiger partial charge in [0.1, 0.15) is 0 Å². The van der Waals surface area contributed by atoms with Gasteiger partial charge >= 0.3 is 0 Å². The van der Waals surface area contributed by atoms with E-state index in [0.717, 1.165) is 29.5 Å². The molecule has 1 aliphatic carbocycles. The summed E-state index contributed by atoms with van der Waals surface area (Å²) in [5, 5.41) is 1.35. The summed E-state index contributed by atoms with van der Waals surface area (Å²) >= 11 is 0. The molecule has 0 saturated heterocycles. The predicted molar refractivity (Wildman–Crippen MR) is 95.4 cm³/mol. The molecule has 4 rings (SSSR count). The van der Waals surface area contributed by atoms with Gasteiger partial charge in [-0.3, -0.25) is 9.59 Å². The van der Waals surface area contributed by atoms with Gasteiger partial charge in [-0.2, -0.15) is 0 Å². The molecule has 1 heterocycles. The van der Waals surface area contributed by atoms with E-state index in [-0.39, 0.29) is 11.3 Å². The Kier molecular flexibility index (Phi) is 3.54. The van der Waals surface area contributed by atoms with Crippen LogP contribution in [0.3, 0.4) is 0 Å². The maximum absolute atomic E-state index is 13.0. The molecule has 1 aliphatic rings. The van der Waals surface area contributed by atoms with E-state index in [4.69, 9.17) is 5.73 Å². The van der Waals surface area contributed by atoms with Crippen molar-refractivity contribution in [1.29, 1.82) is 0 Å². The van der Waals surface area contributed by atoms with E-state index in [9.17, 15) is 9.59 Å². The van der Waals surface area contributed by atoms with Crippen LogP contribution in [0.2, 0.25) is 0 Å². The lowest BCUT2D eigenvalue weighted by molar-refractivity contribution is 0.104. The molecular formula is C20H18N2O2. The van der Waals surface area contributed by atoms with Crippen LogP contribution in [0.15, 0.2) is 53.3 Å². The highest BCUT2D eigenvalue weighted by Gasteiger charge is 2.31. The van der Waals surface area contributed by atoms with Crippen molar-refractivity contribution in [3.8, 4) is 11.3 Å². The quantitative estimate of drug-likeness (QED) is 0.588. The van der Waals surface area contributed by atoms with Gasteiger partial charge in [0.05, 0.1) is 11.3 Å². The summed E-state index contributed by atoms with van der Waals surface area (Å²) in [6.45, 7) is 1.17. The summed E-state index contributed by atoms with van der Waals surface area (Å²) < 4.78 is 1.76. The first-order chi connectivity index (χ1) is 11.7. The van der Waals surface area contributed by atoms with Crippen molar-refractivity contribution < 1.29 is 4.79 Å². The lowest BCUT2D eigenvalue weighted by Gasteiger charge is -2.14. The van der Waals surface area contributed by atoms with Crippen molar-refractivity contribution in [2.45, 2.75) is 19.4 Å². The van der Waals surface area contributed by atoms with Gasteiger partial charge in [-0.05, 0) is 25.5 Å². The molecule has 2 aromatic carbocycles. The van der Waals surface area contributed by atoms with E-state index in [0.29, 0.717) is 29.6 Å². The van der Waals surface area contributed by atoms with Crippen LogP contribution in [0.25, 0.3) is 22.0 Å². The summed E-state index contributed by atoms with van der Waals surface area (Å²) in [6, 6.07) is 14.9. The molecule has 0 saturated carbocycles. The van der Waals surface area contributed by atoms with Crippen LogP contribution in [0, 0.1) is 0 Å². The van der Waals surface area contributed by atoms with E-state index in [2.05, 4.69) is 0 Å². The van der Waals surface area contributed by atoms with Crippen molar-refractivity contribution >= 4 is 16.6 Å². The number of pyridine rings is 1. The predicted octanol–water partition coefficient (Wildman–Crippen LogP) is 2.95. The normalized spacial score (nSPS) is 12.5. The molecule has 2 N–H and O–H groups in total. The SMILES string of the molecule is NCCCCn1c2c(c3ccccc3c1=O)C(=O)c1ccccc1-2. The number of ketones is 1. The number of nitrogens with two attached hydrogens (primary N) is 1. The number of carbonyl (C=O) groups is 1. The minimum Gasteiger partial charge on any atom is -0.330 e. The summed E-state index contributed by atoms with van der Waals surface area (Å²) in [7, 11) is 0. The van der Waals surface area contributed by atoms with Gasteiger partial charge in [0.15, 0.2) is 5.78 Å². The molecule has 24 heavy (non-hydrogen) atoms. The maximum atomic E-state index is 13.0. The molecule has 0 amide bonds. The van der Waals surface area contributed by atoms with Gasteiger partial charge in [-0.15, -0.1) is 0 Å². The molecule has 0 unspecified atom stereocenters. The number of nitrogens with zero attached hydrogens (tertiary/aromatic N) is 1. The molecule has 4 heteroatoms. The fourth-order valence-corrected chi connectivity index (χ4v) is 3.56. The lowest BCUT2D eigenvalue weighted by Crippen LogP contribution is -2.23. The average Bonchev–Trinajstić information content (AvgIpc) is 2.91. The molecule has 3 aromatic rings. The van der Waals surface area contributed by atoms with Crippen LogP contribution in [-0.4, -0.2) is 16.9 Å². The Morgan fingerprint density at radius 1 is 0.833 bits per heavy atom. The molecule has 0 radical (unpaired) electrons. The van der Waals surface area contributed by atoms with E-state index in [1.807, 2.05) is 42.5 Å². The first-order valence-corrected chi connectivity index (χ1v) is 8.23. The molecule has 4 nitrogen and oxygen atoms in total. The lowest BCUT2D eigenvalue weighted by atomic mass is 10.0. The van der Waals surface area contributed by atoms with Crippen molar-refractivity contribution in [2.24, 2.45) is 5.73 Å². The molecule has 0 atom stereocenters. The summed E-state index contributed by atoms with van der Waals surface area (Å²) in [5.74, 6) is 0.00405. The fraction of sp³-hybridized carbons (Fsp3) is 0.200. The monoisotopic (exact) mass is 318 g/mol. The fourth-order valence-electron chi connectivity index (χ4n) is 3.56. The largest absolute Gasteiger partial charge is 0.330 e. The van der Waals surface area contributed by atoms with Crippen LogP contribution in [0.4, 0.5) is 0 Å². The summed E-state index contributed by atoms with van der Waals surface area (Å²) in [5.41, 5.74) is 8.50. The highest BCUT2D eigenvalue weighted by Crippen LogP contribution is 2.39.